The number of carbonyl (C=O) groups excluding carboxylic acids is 1. The fourth-order valence-electron chi connectivity index (χ4n) is 1.86. The lowest BCUT2D eigenvalue weighted by Gasteiger charge is -2.14. The molecule has 9 heteroatoms. The van der Waals surface area contributed by atoms with Gasteiger partial charge in [0.05, 0.1) is 21.2 Å². The minimum absolute atomic E-state index is 0.0187. The van der Waals surface area contributed by atoms with Crippen LogP contribution in [0, 0.1) is 0 Å². The zero-order valence-electron chi connectivity index (χ0n) is 11.8. The largest absolute Gasteiger partial charge is 0.434 e. The van der Waals surface area contributed by atoms with Crippen LogP contribution in [0.1, 0.15) is 10.4 Å². The van der Waals surface area contributed by atoms with Crippen LogP contribution in [0.5, 0.6) is 5.75 Å². The number of rotatable bonds is 6. The number of amides is 1. The van der Waals surface area contributed by atoms with E-state index >= 15 is 0 Å². The number of benzene rings is 2. The number of carbonyl (C=O) groups is 1. The van der Waals surface area contributed by atoms with Crippen molar-refractivity contribution in [3.8, 4) is 5.75 Å². The number of hydrogen-bond acceptors (Lipinski definition) is 3. The summed E-state index contributed by atoms with van der Waals surface area (Å²) in [6.45, 7) is -3.10. The summed E-state index contributed by atoms with van der Waals surface area (Å²) in [5.41, 5.74) is -0.115. The maximum absolute atomic E-state index is 12.6. The molecular formula is C15H10ClF4NO2S. The van der Waals surface area contributed by atoms with Crippen molar-refractivity contribution in [1.29, 1.82) is 0 Å². The quantitative estimate of drug-likeness (QED) is 0.531. The summed E-state index contributed by atoms with van der Waals surface area (Å²) in [6, 6.07) is 9.60. The Hall–Kier alpha value is -1.93. The molecule has 0 aromatic heterocycles. The second-order valence-electron chi connectivity index (χ2n) is 4.32. The first kappa shape index (κ1) is 18.4. The minimum Gasteiger partial charge on any atom is -0.434 e. The lowest BCUT2D eigenvalue weighted by molar-refractivity contribution is -0.0501. The Morgan fingerprint density at radius 3 is 2.46 bits per heavy atom. The van der Waals surface area contributed by atoms with E-state index in [0.717, 1.165) is 0 Å². The van der Waals surface area contributed by atoms with Gasteiger partial charge in [-0.05, 0) is 24.3 Å². The van der Waals surface area contributed by atoms with Crippen LogP contribution in [0.4, 0.5) is 23.2 Å². The molecule has 0 saturated heterocycles. The highest BCUT2D eigenvalue weighted by Gasteiger charge is 2.19. The highest BCUT2D eigenvalue weighted by molar-refractivity contribution is 7.99. The van der Waals surface area contributed by atoms with E-state index in [0.29, 0.717) is 0 Å². The molecule has 1 amide bonds. The first-order valence-corrected chi connectivity index (χ1v) is 7.72. The molecule has 0 saturated carbocycles. The topological polar surface area (TPSA) is 38.3 Å². The summed E-state index contributed by atoms with van der Waals surface area (Å²) in [7, 11) is 0. The molecule has 2 aromatic carbocycles. The molecule has 0 heterocycles. The molecule has 0 radical (unpaired) electrons. The van der Waals surface area contributed by atoms with Gasteiger partial charge in [-0.1, -0.05) is 41.6 Å². The highest BCUT2D eigenvalue weighted by atomic mass is 35.5. The van der Waals surface area contributed by atoms with Crippen LogP contribution in [-0.2, 0) is 0 Å². The average Bonchev–Trinajstić information content (AvgIpc) is 2.50. The van der Waals surface area contributed by atoms with Gasteiger partial charge in [-0.15, -0.1) is 0 Å². The van der Waals surface area contributed by atoms with Crippen molar-refractivity contribution in [2.24, 2.45) is 0 Å². The van der Waals surface area contributed by atoms with E-state index in [1.54, 1.807) is 0 Å². The van der Waals surface area contributed by atoms with E-state index in [2.05, 4.69) is 10.1 Å². The maximum atomic E-state index is 12.6. The third-order valence-corrected chi connectivity index (χ3v) is 4.05. The molecular weight excluding hydrogens is 370 g/mol. The predicted octanol–water partition coefficient (Wildman–Crippen LogP) is 5.51. The van der Waals surface area contributed by atoms with Gasteiger partial charge in [-0.2, -0.15) is 17.6 Å². The first-order chi connectivity index (χ1) is 11.4. The third-order valence-electron chi connectivity index (χ3n) is 2.77. The maximum Gasteiger partial charge on any atom is 0.387 e. The number of hydrogen-bond donors (Lipinski definition) is 1. The van der Waals surface area contributed by atoms with Crippen molar-refractivity contribution in [1.82, 2.24) is 0 Å². The molecule has 0 unspecified atom stereocenters. The van der Waals surface area contributed by atoms with E-state index < -0.39 is 18.3 Å². The van der Waals surface area contributed by atoms with Crippen LogP contribution in [0.3, 0.4) is 0 Å². The molecule has 2 aromatic rings. The van der Waals surface area contributed by atoms with Gasteiger partial charge in [0, 0.05) is 0 Å². The molecule has 0 aliphatic carbocycles. The molecule has 0 atom stereocenters. The molecule has 0 aliphatic heterocycles. The third kappa shape index (κ3) is 4.78. The Morgan fingerprint density at radius 1 is 1.08 bits per heavy atom. The van der Waals surface area contributed by atoms with Gasteiger partial charge >= 0.3 is 6.61 Å². The van der Waals surface area contributed by atoms with Gasteiger partial charge in [0.25, 0.3) is 11.7 Å². The van der Waals surface area contributed by atoms with Crippen molar-refractivity contribution < 1.29 is 27.1 Å². The van der Waals surface area contributed by atoms with Gasteiger partial charge in [-0.25, -0.2) is 0 Å². The Kier molecular flexibility index (Phi) is 6.33. The first-order valence-electron chi connectivity index (χ1n) is 6.47. The molecule has 3 nitrogen and oxygen atoms in total. The van der Waals surface area contributed by atoms with Crippen LogP contribution in [-0.4, -0.2) is 18.3 Å². The summed E-state index contributed by atoms with van der Waals surface area (Å²) in [6.07, 6.45) is 0. The Labute approximate surface area is 143 Å². The van der Waals surface area contributed by atoms with Gasteiger partial charge in [0.2, 0.25) is 0 Å². The SMILES string of the molecule is O=C(Nc1cccc(Cl)c1SC(F)F)c1ccccc1OC(F)F. The van der Waals surface area contributed by atoms with Gasteiger partial charge in [0.1, 0.15) is 5.75 Å². The van der Waals surface area contributed by atoms with Crippen molar-refractivity contribution in [3.63, 3.8) is 0 Å². The van der Waals surface area contributed by atoms with Crippen LogP contribution >= 0.6 is 23.4 Å². The summed E-state index contributed by atoms with van der Waals surface area (Å²) >= 11 is 6.05. The summed E-state index contributed by atoms with van der Waals surface area (Å²) in [5.74, 6) is -3.85. The molecule has 24 heavy (non-hydrogen) atoms. The molecule has 0 bridgehead atoms. The van der Waals surface area contributed by atoms with Crippen LogP contribution < -0.4 is 10.1 Å². The number of anilines is 1. The van der Waals surface area contributed by atoms with Crippen LogP contribution in [0.2, 0.25) is 5.02 Å². The second-order valence-corrected chi connectivity index (χ2v) is 5.73. The lowest BCUT2D eigenvalue weighted by Crippen LogP contribution is -2.15. The van der Waals surface area contributed by atoms with Gasteiger partial charge in [0.15, 0.2) is 0 Å². The van der Waals surface area contributed by atoms with Crippen LogP contribution in [0.25, 0.3) is 0 Å². The van der Waals surface area contributed by atoms with Crippen LogP contribution in [0.15, 0.2) is 47.4 Å². The zero-order chi connectivity index (χ0) is 17.7. The van der Waals surface area contributed by atoms with E-state index in [-0.39, 0.29) is 38.7 Å². The standard InChI is InChI=1S/C15H10ClF4NO2S/c16-9-5-3-6-10(12(9)24-15(19)20)21-13(22)8-4-1-2-7-11(8)23-14(17)18/h1-7,14-15H,(H,21,22). The number of alkyl halides is 4. The summed E-state index contributed by atoms with van der Waals surface area (Å²) in [4.78, 5) is 12.3. The lowest BCUT2D eigenvalue weighted by atomic mass is 10.2. The average molecular weight is 380 g/mol. The molecule has 128 valence electrons. The van der Waals surface area contributed by atoms with E-state index in [1.165, 1.54) is 42.5 Å². The summed E-state index contributed by atoms with van der Waals surface area (Å²) in [5, 5.41) is 2.42. The van der Waals surface area contributed by atoms with E-state index in [4.69, 9.17) is 11.6 Å². The fourth-order valence-corrected chi connectivity index (χ4v) is 2.77. The molecule has 0 aliphatic rings. The molecule has 0 spiro atoms. The highest BCUT2D eigenvalue weighted by Crippen LogP contribution is 2.38. The smallest absolute Gasteiger partial charge is 0.387 e. The van der Waals surface area contributed by atoms with E-state index in [9.17, 15) is 22.4 Å². The second kappa shape index (κ2) is 8.25. The minimum atomic E-state index is -3.10. The normalized spacial score (nSPS) is 11.0. The van der Waals surface area contributed by atoms with Crippen molar-refractivity contribution in [2.75, 3.05) is 5.32 Å². The number of para-hydroxylation sites is 1. The van der Waals surface area contributed by atoms with E-state index in [1.807, 2.05) is 0 Å². The van der Waals surface area contributed by atoms with Crippen molar-refractivity contribution >= 4 is 35.0 Å². The number of thioether (sulfide) groups is 1. The van der Waals surface area contributed by atoms with Gasteiger partial charge in [-0.3, -0.25) is 4.79 Å². The fraction of sp³-hybridized carbons (Fsp3) is 0.133. The molecule has 2 rings (SSSR count). The molecule has 0 fully saturated rings. The zero-order valence-corrected chi connectivity index (χ0v) is 13.4. The molecule has 1 N–H and O–H groups in total. The van der Waals surface area contributed by atoms with Gasteiger partial charge < -0.3 is 10.1 Å². The number of nitrogens with one attached hydrogen (secondary N) is 1. The Bertz CT molecular complexity index is 730. The van der Waals surface area contributed by atoms with Crippen molar-refractivity contribution in [2.45, 2.75) is 17.3 Å². The van der Waals surface area contributed by atoms with Crippen molar-refractivity contribution in [3.05, 3.63) is 53.1 Å². The predicted molar refractivity (Wildman–Crippen MR) is 84.3 cm³/mol. The summed E-state index contributed by atoms with van der Waals surface area (Å²) < 4.78 is 54.3. The Balaban J connectivity index is 2.29. The Morgan fingerprint density at radius 2 is 1.79 bits per heavy atom. The monoisotopic (exact) mass is 379 g/mol. The number of ether oxygens (including phenoxy) is 1. The number of halogens is 5.